The molecule has 0 aliphatic rings. The van der Waals surface area contributed by atoms with Crippen LogP contribution in [0.5, 0.6) is 5.75 Å². The zero-order chi connectivity index (χ0) is 23.6. The number of aromatic nitrogens is 3. The number of nitrogens with one attached hydrogen (secondary N) is 1. The monoisotopic (exact) mass is 433 g/mol. The number of anilines is 1. The molecule has 0 saturated heterocycles. The van der Waals surface area contributed by atoms with E-state index in [4.69, 9.17) is 19.7 Å². The molecular weight excluding hydrogens is 398 g/mol. The molecule has 2 heterocycles. The van der Waals surface area contributed by atoms with Gasteiger partial charge in [0.25, 0.3) is 0 Å². The average molecular weight is 434 g/mol. The van der Waals surface area contributed by atoms with E-state index in [0.717, 1.165) is 11.1 Å². The van der Waals surface area contributed by atoms with Gasteiger partial charge in [0.1, 0.15) is 16.7 Å². The van der Waals surface area contributed by atoms with Gasteiger partial charge in [0.15, 0.2) is 11.4 Å². The Bertz CT molecular complexity index is 957. The lowest BCUT2D eigenvalue weighted by Crippen LogP contribution is -2.32. The van der Waals surface area contributed by atoms with Crippen molar-refractivity contribution in [3.05, 3.63) is 35.7 Å². The van der Waals surface area contributed by atoms with E-state index in [9.17, 15) is 4.79 Å². The molecule has 3 N–H and O–H groups in total. The number of benzene rings is 1. The van der Waals surface area contributed by atoms with E-state index in [0.29, 0.717) is 35.6 Å². The van der Waals surface area contributed by atoms with Crippen LogP contribution in [0.3, 0.4) is 0 Å². The lowest BCUT2D eigenvalue weighted by atomic mass is 10.1. The van der Waals surface area contributed by atoms with Crippen LogP contribution in [0.2, 0.25) is 0 Å². The summed E-state index contributed by atoms with van der Waals surface area (Å²) in [5.41, 5.74) is 7.61. The van der Waals surface area contributed by atoms with Crippen molar-refractivity contribution in [2.24, 2.45) is 0 Å². The SMILES string of the molecule is CC.CC.COc1cc(Cn2cc(CNC(=O)OC(C)(C)C)cn2)cc2onc(N)c12. The Kier molecular flexibility index (Phi) is 9.85. The molecule has 0 bridgehead atoms. The summed E-state index contributed by atoms with van der Waals surface area (Å²) in [4.78, 5) is 11.7. The fraction of sp³-hybridized carbons (Fsp3) is 0.500. The number of amides is 1. The summed E-state index contributed by atoms with van der Waals surface area (Å²) in [5, 5.41) is 11.5. The van der Waals surface area contributed by atoms with Gasteiger partial charge in [0, 0.05) is 18.3 Å². The lowest BCUT2D eigenvalue weighted by molar-refractivity contribution is 0.0523. The third kappa shape index (κ3) is 7.51. The fourth-order valence-corrected chi connectivity index (χ4v) is 2.62. The molecule has 3 rings (SSSR count). The Morgan fingerprint density at radius 1 is 1.19 bits per heavy atom. The molecule has 0 aliphatic heterocycles. The maximum absolute atomic E-state index is 11.7. The summed E-state index contributed by atoms with van der Waals surface area (Å²) in [6.45, 7) is 14.3. The number of methoxy groups -OCH3 is 1. The van der Waals surface area contributed by atoms with Gasteiger partial charge >= 0.3 is 6.09 Å². The third-order valence-electron chi connectivity index (χ3n) is 3.71. The summed E-state index contributed by atoms with van der Waals surface area (Å²) in [5.74, 6) is 0.892. The summed E-state index contributed by atoms with van der Waals surface area (Å²) in [6, 6.07) is 3.72. The van der Waals surface area contributed by atoms with Crippen LogP contribution in [0.1, 0.15) is 59.6 Å². The first kappa shape index (κ1) is 25.8. The molecule has 0 fully saturated rings. The van der Waals surface area contributed by atoms with Crippen molar-refractivity contribution in [2.45, 2.75) is 67.2 Å². The van der Waals surface area contributed by atoms with Crippen LogP contribution in [-0.2, 0) is 17.8 Å². The molecule has 0 aliphatic carbocycles. The number of nitrogens with zero attached hydrogens (tertiary/aromatic N) is 3. The molecule has 9 nitrogen and oxygen atoms in total. The third-order valence-corrected chi connectivity index (χ3v) is 3.71. The summed E-state index contributed by atoms with van der Waals surface area (Å²) in [6.07, 6.45) is 3.08. The number of nitrogens with two attached hydrogens (primary N) is 1. The van der Waals surface area contributed by atoms with E-state index >= 15 is 0 Å². The van der Waals surface area contributed by atoms with Crippen molar-refractivity contribution in [1.29, 1.82) is 0 Å². The molecule has 0 radical (unpaired) electrons. The van der Waals surface area contributed by atoms with Gasteiger partial charge in [-0.3, -0.25) is 4.68 Å². The van der Waals surface area contributed by atoms with Crippen LogP contribution < -0.4 is 15.8 Å². The minimum Gasteiger partial charge on any atom is -0.496 e. The van der Waals surface area contributed by atoms with Gasteiger partial charge in [0.05, 0.1) is 19.9 Å². The lowest BCUT2D eigenvalue weighted by Gasteiger charge is -2.19. The van der Waals surface area contributed by atoms with Gasteiger partial charge in [-0.2, -0.15) is 5.10 Å². The zero-order valence-corrected chi connectivity index (χ0v) is 19.8. The molecule has 9 heteroatoms. The Balaban J connectivity index is 0.00000113. The molecule has 0 saturated carbocycles. The van der Waals surface area contributed by atoms with Gasteiger partial charge < -0.3 is 25.0 Å². The predicted molar refractivity (Wildman–Crippen MR) is 122 cm³/mol. The summed E-state index contributed by atoms with van der Waals surface area (Å²) in [7, 11) is 1.57. The Hall–Kier alpha value is -3.23. The first-order valence-electron chi connectivity index (χ1n) is 10.4. The molecule has 0 atom stereocenters. The van der Waals surface area contributed by atoms with Crippen molar-refractivity contribution in [3.63, 3.8) is 0 Å². The molecule has 1 aromatic carbocycles. The highest BCUT2D eigenvalue weighted by Gasteiger charge is 2.16. The first-order chi connectivity index (χ1) is 14.7. The fourth-order valence-electron chi connectivity index (χ4n) is 2.62. The number of rotatable bonds is 5. The quantitative estimate of drug-likeness (QED) is 0.596. The van der Waals surface area contributed by atoms with Crippen molar-refractivity contribution in [2.75, 3.05) is 12.8 Å². The maximum Gasteiger partial charge on any atom is 0.407 e. The smallest absolute Gasteiger partial charge is 0.407 e. The van der Waals surface area contributed by atoms with Gasteiger partial charge in [-0.05, 0) is 38.5 Å². The normalized spacial score (nSPS) is 10.5. The highest BCUT2D eigenvalue weighted by Crippen LogP contribution is 2.32. The van der Waals surface area contributed by atoms with E-state index in [1.54, 1.807) is 18.0 Å². The number of nitrogen functional groups attached to an aromatic ring is 1. The molecule has 0 unspecified atom stereocenters. The van der Waals surface area contributed by atoms with Crippen LogP contribution >= 0.6 is 0 Å². The van der Waals surface area contributed by atoms with Crippen molar-refractivity contribution in [1.82, 2.24) is 20.3 Å². The van der Waals surface area contributed by atoms with Gasteiger partial charge in [-0.1, -0.05) is 32.9 Å². The standard InChI is InChI=1S/C18H23N5O4.2C2H6/c1-18(2,3)26-17(24)20-7-12-8-21-23(10-12)9-11-5-13(25-4)15-14(6-11)27-22-16(15)19;2*1-2/h5-6,8,10H,7,9H2,1-4H3,(H2,19,22)(H,20,24);2*1-2H3. The molecular formula is C22H35N5O4. The summed E-state index contributed by atoms with van der Waals surface area (Å²) < 4.78 is 17.6. The van der Waals surface area contributed by atoms with Crippen LogP contribution in [0.15, 0.2) is 29.0 Å². The minimum atomic E-state index is -0.532. The second kappa shape index (κ2) is 11.8. The molecule has 172 valence electrons. The van der Waals surface area contributed by atoms with Crippen LogP contribution in [0.4, 0.5) is 10.6 Å². The van der Waals surface area contributed by atoms with Gasteiger partial charge in [0.2, 0.25) is 0 Å². The highest BCUT2D eigenvalue weighted by molar-refractivity contribution is 5.93. The van der Waals surface area contributed by atoms with Crippen LogP contribution in [0.25, 0.3) is 11.0 Å². The number of hydrogen-bond acceptors (Lipinski definition) is 7. The predicted octanol–water partition coefficient (Wildman–Crippen LogP) is 4.74. The Morgan fingerprint density at radius 2 is 1.87 bits per heavy atom. The number of fused-ring (bicyclic) bond motifs is 1. The molecule has 0 spiro atoms. The number of alkyl carbamates (subject to hydrolysis) is 1. The minimum absolute atomic E-state index is 0.294. The van der Waals surface area contributed by atoms with E-state index < -0.39 is 11.7 Å². The Labute approximate surface area is 183 Å². The van der Waals surface area contributed by atoms with E-state index in [1.807, 2.05) is 66.8 Å². The Morgan fingerprint density at radius 3 is 2.48 bits per heavy atom. The zero-order valence-electron chi connectivity index (χ0n) is 19.8. The number of carbonyl (C=O) groups excluding carboxylic acids is 1. The number of hydrogen-bond donors (Lipinski definition) is 2. The average Bonchev–Trinajstić information content (AvgIpc) is 3.34. The van der Waals surface area contributed by atoms with Crippen LogP contribution in [-0.4, -0.2) is 33.7 Å². The van der Waals surface area contributed by atoms with Crippen molar-refractivity contribution in [3.8, 4) is 5.75 Å². The van der Waals surface area contributed by atoms with E-state index in [1.165, 1.54) is 0 Å². The van der Waals surface area contributed by atoms with Crippen molar-refractivity contribution < 1.29 is 18.8 Å². The van der Waals surface area contributed by atoms with Gasteiger partial charge in [-0.15, -0.1) is 0 Å². The topological polar surface area (TPSA) is 117 Å². The van der Waals surface area contributed by atoms with Gasteiger partial charge in [-0.25, -0.2) is 4.79 Å². The van der Waals surface area contributed by atoms with E-state index in [-0.39, 0.29) is 0 Å². The maximum atomic E-state index is 11.7. The number of carbonyl (C=O) groups is 1. The molecule has 2 aromatic heterocycles. The molecule has 1 amide bonds. The van der Waals surface area contributed by atoms with E-state index in [2.05, 4.69) is 15.6 Å². The van der Waals surface area contributed by atoms with Crippen LogP contribution in [0, 0.1) is 0 Å². The second-order valence-electron chi connectivity index (χ2n) is 7.14. The molecule has 31 heavy (non-hydrogen) atoms. The first-order valence-corrected chi connectivity index (χ1v) is 10.4. The second-order valence-corrected chi connectivity index (χ2v) is 7.14. The van der Waals surface area contributed by atoms with Crippen molar-refractivity contribution >= 4 is 22.9 Å². The number of ether oxygens (including phenoxy) is 2. The highest BCUT2D eigenvalue weighted by atomic mass is 16.6. The largest absolute Gasteiger partial charge is 0.496 e. The summed E-state index contributed by atoms with van der Waals surface area (Å²) >= 11 is 0. The molecule has 3 aromatic rings.